The third-order valence-corrected chi connectivity index (χ3v) is 2.66. The van der Waals surface area contributed by atoms with E-state index in [0.717, 1.165) is 0 Å². The van der Waals surface area contributed by atoms with Crippen molar-refractivity contribution < 1.29 is 19.1 Å². The molecule has 18 heavy (non-hydrogen) atoms. The molecule has 1 aromatic heterocycles. The van der Waals surface area contributed by atoms with Crippen molar-refractivity contribution in [2.45, 2.75) is 0 Å². The number of esters is 1. The average Bonchev–Trinajstić information content (AvgIpc) is 2.46. The topological polar surface area (TPSA) is 68.7 Å². The normalized spacial score (nSPS) is 15.3. The second-order valence-corrected chi connectivity index (χ2v) is 3.80. The van der Waals surface area contributed by atoms with Gasteiger partial charge in [-0.1, -0.05) is 6.07 Å². The van der Waals surface area contributed by atoms with E-state index in [4.69, 9.17) is 4.74 Å². The first-order valence-corrected chi connectivity index (χ1v) is 5.65. The number of hydrogen-bond acceptors (Lipinski definition) is 5. The molecule has 96 valence electrons. The molecule has 1 aliphatic heterocycles. The van der Waals surface area contributed by atoms with E-state index in [1.807, 2.05) is 0 Å². The molecule has 1 saturated heterocycles. The van der Waals surface area contributed by atoms with Gasteiger partial charge in [0.15, 0.2) is 0 Å². The quantitative estimate of drug-likeness (QED) is 0.708. The molecule has 0 unspecified atom stereocenters. The van der Waals surface area contributed by atoms with Crippen molar-refractivity contribution in [2.75, 3.05) is 33.4 Å². The summed E-state index contributed by atoms with van der Waals surface area (Å²) in [6.45, 7) is 2.15. The lowest BCUT2D eigenvalue weighted by atomic mass is 10.2. The first-order chi connectivity index (χ1) is 8.72. The molecule has 0 aliphatic carbocycles. The van der Waals surface area contributed by atoms with Crippen LogP contribution in [-0.4, -0.2) is 55.2 Å². The number of ether oxygens (including phenoxy) is 2. The van der Waals surface area contributed by atoms with E-state index in [2.05, 4.69) is 9.72 Å². The molecule has 0 atom stereocenters. The fourth-order valence-corrected chi connectivity index (χ4v) is 1.70. The second kappa shape index (κ2) is 5.59. The maximum atomic E-state index is 12.1. The van der Waals surface area contributed by atoms with Crippen molar-refractivity contribution in [3.63, 3.8) is 0 Å². The van der Waals surface area contributed by atoms with E-state index in [1.54, 1.807) is 17.0 Å². The lowest BCUT2D eigenvalue weighted by Gasteiger charge is -2.26. The highest BCUT2D eigenvalue weighted by molar-refractivity contribution is 5.94. The number of amides is 1. The summed E-state index contributed by atoms with van der Waals surface area (Å²) in [6, 6.07) is 4.72. The minimum absolute atomic E-state index is 0.136. The van der Waals surface area contributed by atoms with Crippen LogP contribution in [-0.2, 0) is 9.47 Å². The van der Waals surface area contributed by atoms with Gasteiger partial charge in [-0.05, 0) is 12.1 Å². The van der Waals surface area contributed by atoms with Crippen molar-refractivity contribution in [1.82, 2.24) is 9.88 Å². The van der Waals surface area contributed by atoms with E-state index >= 15 is 0 Å². The fourth-order valence-electron chi connectivity index (χ4n) is 1.70. The van der Waals surface area contributed by atoms with Gasteiger partial charge in [-0.15, -0.1) is 0 Å². The molecule has 0 saturated carbocycles. The Morgan fingerprint density at radius 3 is 2.61 bits per heavy atom. The van der Waals surface area contributed by atoms with Gasteiger partial charge >= 0.3 is 5.97 Å². The highest BCUT2D eigenvalue weighted by Crippen LogP contribution is 2.07. The van der Waals surface area contributed by atoms with Crippen molar-refractivity contribution >= 4 is 11.9 Å². The molecule has 0 radical (unpaired) electrons. The van der Waals surface area contributed by atoms with Gasteiger partial charge in [0.2, 0.25) is 0 Å². The van der Waals surface area contributed by atoms with Crippen LogP contribution >= 0.6 is 0 Å². The molecular formula is C12H14N2O4. The Bertz CT molecular complexity index is 455. The lowest BCUT2D eigenvalue weighted by Crippen LogP contribution is -2.41. The molecule has 1 aromatic rings. The van der Waals surface area contributed by atoms with Crippen LogP contribution < -0.4 is 0 Å². The highest BCUT2D eigenvalue weighted by atomic mass is 16.5. The molecular weight excluding hydrogens is 236 g/mol. The molecule has 0 bridgehead atoms. The van der Waals surface area contributed by atoms with Crippen LogP contribution in [0.1, 0.15) is 21.0 Å². The molecule has 6 nitrogen and oxygen atoms in total. The summed E-state index contributed by atoms with van der Waals surface area (Å²) in [5, 5.41) is 0. The van der Waals surface area contributed by atoms with E-state index in [9.17, 15) is 9.59 Å². The number of methoxy groups -OCH3 is 1. The molecule has 2 rings (SSSR count). The monoisotopic (exact) mass is 250 g/mol. The molecule has 2 heterocycles. The Kier molecular flexibility index (Phi) is 3.88. The van der Waals surface area contributed by atoms with Gasteiger partial charge in [0.1, 0.15) is 11.4 Å². The SMILES string of the molecule is COC(=O)c1cccc(C(=O)N2CCOCC2)n1. The van der Waals surface area contributed by atoms with Gasteiger partial charge in [-0.3, -0.25) is 4.79 Å². The number of carbonyl (C=O) groups excluding carboxylic acids is 2. The summed E-state index contributed by atoms with van der Waals surface area (Å²) in [6.07, 6.45) is 0. The second-order valence-electron chi connectivity index (χ2n) is 3.80. The first kappa shape index (κ1) is 12.5. The van der Waals surface area contributed by atoms with Gasteiger partial charge in [-0.2, -0.15) is 0 Å². The van der Waals surface area contributed by atoms with Crippen molar-refractivity contribution in [1.29, 1.82) is 0 Å². The minimum atomic E-state index is -0.549. The maximum Gasteiger partial charge on any atom is 0.356 e. The molecule has 1 amide bonds. The van der Waals surface area contributed by atoms with E-state index in [1.165, 1.54) is 13.2 Å². The summed E-state index contributed by atoms with van der Waals surface area (Å²) in [5.41, 5.74) is 0.386. The first-order valence-electron chi connectivity index (χ1n) is 5.65. The van der Waals surface area contributed by atoms with Gasteiger partial charge in [0.05, 0.1) is 20.3 Å². The van der Waals surface area contributed by atoms with Crippen LogP contribution in [0.2, 0.25) is 0 Å². The average molecular weight is 250 g/mol. The Balaban J connectivity index is 2.17. The Morgan fingerprint density at radius 2 is 1.94 bits per heavy atom. The molecule has 0 spiro atoms. The number of nitrogens with zero attached hydrogens (tertiary/aromatic N) is 2. The summed E-state index contributed by atoms with van der Waals surface area (Å²) in [4.78, 5) is 29.1. The summed E-state index contributed by atoms with van der Waals surface area (Å²) < 4.78 is 9.75. The van der Waals surface area contributed by atoms with Crippen molar-refractivity contribution in [3.05, 3.63) is 29.6 Å². The van der Waals surface area contributed by atoms with Gasteiger partial charge < -0.3 is 14.4 Å². The van der Waals surface area contributed by atoms with Crippen molar-refractivity contribution in [3.8, 4) is 0 Å². The molecule has 0 N–H and O–H groups in total. The third-order valence-electron chi connectivity index (χ3n) is 2.66. The molecule has 0 aromatic carbocycles. The van der Waals surface area contributed by atoms with Crippen LogP contribution in [0.5, 0.6) is 0 Å². The predicted octanol–water partition coefficient (Wildman–Crippen LogP) is 0.341. The smallest absolute Gasteiger partial charge is 0.356 e. The number of rotatable bonds is 2. The van der Waals surface area contributed by atoms with E-state index in [0.29, 0.717) is 26.3 Å². The Hall–Kier alpha value is -1.95. The van der Waals surface area contributed by atoms with Crippen molar-refractivity contribution in [2.24, 2.45) is 0 Å². The maximum absolute atomic E-state index is 12.1. The van der Waals surface area contributed by atoms with Crippen LogP contribution in [0.3, 0.4) is 0 Å². The van der Waals surface area contributed by atoms with Gasteiger partial charge in [0, 0.05) is 13.1 Å². The zero-order valence-corrected chi connectivity index (χ0v) is 10.1. The summed E-state index contributed by atoms with van der Waals surface area (Å²) >= 11 is 0. The van der Waals surface area contributed by atoms with Crippen LogP contribution in [0.15, 0.2) is 18.2 Å². The minimum Gasteiger partial charge on any atom is -0.464 e. The molecule has 1 aliphatic rings. The Morgan fingerprint density at radius 1 is 1.28 bits per heavy atom. The van der Waals surface area contributed by atoms with E-state index < -0.39 is 5.97 Å². The number of hydrogen-bond donors (Lipinski definition) is 0. The zero-order valence-electron chi connectivity index (χ0n) is 10.1. The van der Waals surface area contributed by atoms with Crippen LogP contribution in [0.4, 0.5) is 0 Å². The standard InChI is InChI=1S/C12H14N2O4/c1-17-12(16)10-4-2-3-9(13-10)11(15)14-5-7-18-8-6-14/h2-4H,5-8H2,1H3. The lowest BCUT2D eigenvalue weighted by molar-refractivity contribution is 0.0298. The van der Waals surface area contributed by atoms with Gasteiger partial charge in [0.25, 0.3) is 5.91 Å². The van der Waals surface area contributed by atoms with Gasteiger partial charge in [-0.25, -0.2) is 9.78 Å². The zero-order chi connectivity index (χ0) is 13.0. The summed E-state index contributed by atoms with van der Waals surface area (Å²) in [5.74, 6) is -0.740. The number of morpholine rings is 1. The van der Waals surface area contributed by atoms with Crippen LogP contribution in [0, 0.1) is 0 Å². The van der Waals surface area contributed by atoms with Crippen LogP contribution in [0.25, 0.3) is 0 Å². The predicted molar refractivity (Wildman–Crippen MR) is 62.3 cm³/mol. The molecule has 6 heteroatoms. The number of carbonyl (C=O) groups is 2. The highest BCUT2D eigenvalue weighted by Gasteiger charge is 2.20. The largest absolute Gasteiger partial charge is 0.464 e. The van der Waals surface area contributed by atoms with E-state index in [-0.39, 0.29) is 17.3 Å². The third kappa shape index (κ3) is 2.65. The Labute approximate surface area is 105 Å². The molecule has 1 fully saturated rings. The summed E-state index contributed by atoms with van der Waals surface area (Å²) in [7, 11) is 1.28. The fraction of sp³-hybridized carbons (Fsp3) is 0.417. The number of pyridine rings is 1. The number of aromatic nitrogens is 1.